The topological polar surface area (TPSA) is 75.0 Å². The summed E-state index contributed by atoms with van der Waals surface area (Å²) in [6.07, 6.45) is 2.78. The Kier molecular flexibility index (Phi) is 5.96. The summed E-state index contributed by atoms with van der Waals surface area (Å²) in [5.41, 5.74) is -0.543. The maximum atomic E-state index is 12.8. The van der Waals surface area contributed by atoms with E-state index in [1.165, 1.54) is 20.3 Å². The van der Waals surface area contributed by atoms with E-state index in [9.17, 15) is 9.59 Å². The first-order valence-corrected chi connectivity index (χ1v) is 9.74. The van der Waals surface area contributed by atoms with Crippen LogP contribution in [0.25, 0.3) is 11.0 Å². The van der Waals surface area contributed by atoms with Gasteiger partial charge in [0.1, 0.15) is 28.7 Å². The van der Waals surface area contributed by atoms with Crippen molar-refractivity contribution in [3.05, 3.63) is 34.2 Å². The average molecular weight is 388 g/mol. The number of esters is 1. The quantitative estimate of drug-likeness (QED) is 0.557. The van der Waals surface area contributed by atoms with Crippen LogP contribution in [0.15, 0.2) is 27.4 Å². The highest BCUT2D eigenvalue weighted by Gasteiger charge is 2.34. The number of methoxy groups -OCH3 is 2. The van der Waals surface area contributed by atoms with Gasteiger partial charge in [0.05, 0.1) is 19.6 Å². The highest BCUT2D eigenvalue weighted by Crippen LogP contribution is 2.36. The normalized spacial score (nSPS) is 22.3. The van der Waals surface area contributed by atoms with Gasteiger partial charge in [0.25, 0.3) is 0 Å². The molecular weight excluding hydrogens is 360 g/mol. The van der Waals surface area contributed by atoms with Crippen molar-refractivity contribution in [3.63, 3.8) is 0 Å². The zero-order valence-corrected chi connectivity index (χ0v) is 17.1. The number of carbonyl (C=O) groups excluding carboxylic acids is 1. The van der Waals surface area contributed by atoms with Gasteiger partial charge in [0.15, 0.2) is 0 Å². The van der Waals surface area contributed by atoms with Crippen molar-refractivity contribution in [2.24, 2.45) is 17.8 Å². The number of rotatable bonds is 5. The monoisotopic (exact) mass is 388 g/mol. The Labute approximate surface area is 164 Å². The second-order valence-electron chi connectivity index (χ2n) is 7.96. The molecule has 0 aliphatic heterocycles. The molecule has 0 saturated heterocycles. The summed E-state index contributed by atoms with van der Waals surface area (Å²) in [4.78, 5) is 25.3. The molecule has 0 bridgehead atoms. The molecule has 0 N–H and O–H groups in total. The number of fused-ring (bicyclic) bond motifs is 1. The van der Waals surface area contributed by atoms with Crippen LogP contribution in [0.4, 0.5) is 0 Å². The molecule has 2 aromatic rings. The van der Waals surface area contributed by atoms with E-state index < -0.39 is 11.6 Å². The Balaban J connectivity index is 1.95. The van der Waals surface area contributed by atoms with Gasteiger partial charge in [-0.25, -0.2) is 9.59 Å². The Morgan fingerprint density at radius 3 is 2.54 bits per heavy atom. The van der Waals surface area contributed by atoms with Crippen molar-refractivity contribution in [1.29, 1.82) is 0 Å². The van der Waals surface area contributed by atoms with Crippen molar-refractivity contribution in [3.8, 4) is 11.5 Å². The first-order chi connectivity index (χ1) is 13.3. The lowest BCUT2D eigenvalue weighted by atomic mass is 9.75. The van der Waals surface area contributed by atoms with Gasteiger partial charge in [0.2, 0.25) is 0 Å². The molecule has 1 aliphatic rings. The third kappa shape index (κ3) is 4.01. The van der Waals surface area contributed by atoms with E-state index in [0.717, 1.165) is 19.3 Å². The van der Waals surface area contributed by atoms with E-state index in [1.807, 2.05) is 0 Å². The van der Waals surface area contributed by atoms with Crippen LogP contribution in [-0.4, -0.2) is 26.3 Å². The fourth-order valence-corrected chi connectivity index (χ4v) is 4.04. The van der Waals surface area contributed by atoms with Crippen molar-refractivity contribution in [2.75, 3.05) is 14.2 Å². The van der Waals surface area contributed by atoms with Crippen molar-refractivity contribution in [1.82, 2.24) is 0 Å². The molecule has 0 unspecified atom stereocenters. The van der Waals surface area contributed by atoms with Crippen LogP contribution >= 0.6 is 0 Å². The minimum Gasteiger partial charge on any atom is -0.496 e. The fraction of sp³-hybridized carbons (Fsp3) is 0.545. The molecule has 3 rings (SSSR count). The first-order valence-electron chi connectivity index (χ1n) is 9.74. The zero-order valence-electron chi connectivity index (χ0n) is 17.1. The van der Waals surface area contributed by atoms with E-state index in [-0.39, 0.29) is 11.7 Å². The summed E-state index contributed by atoms with van der Waals surface area (Å²) < 4.78 is 21.7. The van der Waals surface area contributed by atoms with Crippen LogP contribution in [0.1, 0.15) is 50.4 Å². The molecule has 6 nitrogen and oxygen atoms in total. The fourth-order valence-electron chi connectivity index (χ4n) is 4.04. The minimum atomic E-state index is -0.724. The Morgan fingerprint density at radius 1 is 1.14 bits per heavy atom. The van der Waals surface area contributed by atoms with Gasteiger partial charge in [-0.2, -0.15) is 0 Å². The third-order valence-corrected chi connectivity index (χ3v) is 5.68. The van der Waals surface area contributed by atoms with Gasteiger partial charge in [-0.1, -0.05) is 27.2 Å². The number of hydrogen-bond donors (Lipinski definition) is 0. The van der Waals surface area contributed by atoms with Gasteiger partial charge in [0, 0.05) is 12.1 Å². The molecular formula is C22H28O6. The summed E-state index contributed by atoms with van der Waals surface area (Å²) >= 11 is 0. The number of ether oxygens (including phenoxy) is 3. The van der Waals surface area contributed by atoms with Gasteiger partial charge >= 0.3 is 11.6 Å². The van der Waals surface area contributed by atoms with Crippen LogP contribution in [0.5, 0.6) is 11.5 Å². The van der Waals surface area contributed by atoms with E-state index in [0.29, 0.717) is 40.2 Å². The number of hydrogen-bond acceptors (Lipinski definition) is 6. The molecule has 152 valence electrons. The molecule has 0 spiro atoms. The summed E-state index contributed by atoms with van der Waals surface area (Å²) in [5.74, 6) is 1.52. The van der Waals surface area contributed by atoms with Crippen LogP contribution in [0.3, 0.4) is 0 Å². The molecule has 1 saturated carbocycles. The maximum Gasteiger partial charge on any atom is 0.351 e. The summed E-state index contributed by atoms with van der Waals surface area (Å²) in [6.45, 7) is 6.45. The molecule has 1 aromatic heterocycles. The standard InChI is InChI=1S/C22H28O6/c1-12(2)15-7-6-13(3)8-19(15)27-21(23)17-11-16-18(26-5)9-14(25-4)10-20(16)28-22(17)24/h9-13,15,19H,6-8H2,1-5H3/t13-,15+,19-/m1/s1. The first kappa shape index (κ1) is 20.2. The van der Waals surface area contributed by atoms with E-state index in [2.05, 4.69) is 20.8 Å². The summed E-state index contributed by atoms with van der Waals surface area (Å²) in [5, 5.41) is 0.521. The Hall–Kier alpha value is -2.50. The van der Waals surface area contributed by atoms with E-state index in [4.69, 9.17) is 18.6 Å². The van der Waals surface area contributed by atoms with Crippen LogP contribution < -0.4 is 15.1 Å². The smallest absolute Gasteiger partial charge is 0.351 e. The SMILES string of the molecule is COc1cc(OC)c2cc(C(=O)O[C@@H]3C[C@H](C)CC[C@H]3C(C)C)c(=O)oc2c1. The number of benzene rings is 1. The van der Waals surface area contributed by atoms with Gasteiger partial charge < -0.3 is 18.6 Å². The lowest BCUT2D eigenvalue weighted by Crippen LogP contribution is -2.36. The molecule has 28 heavy (non-hydrogen) atoms. The molecule has 1 aromatic carbocycles. The molecule has 1 heterocycles. The number of carbonyl (C=O) groups is 1. The molecule has 0 amide bonds. The van der Waals surface area contributed by atoms with Crippen molar-refractivity contribution in [2.45, 2.75) is 46.1 Å². The second kappa shape index (κ2) is 8.25. The maximum absolute atomic E-state index is 12.8. The largest absolute Gasteiger partial charge is 0.496 e. The lowest BCUT2D eigenvalue weighted by Gasteiger charge is -2.36. The van der Waals surface area contributed by atoms with Crippen molar-refractivity contribution < 1.29 is 23.4 Å². The molecule has 6 heteroatoms. The van der Waals surface area contributed by atoms with Gasteiger partial charge in [-0.3, -0.25) is 0 Å². The molecule has 0 radical (unpaired) electrons. The van der Waals surface area contributed by atoms with Crippen LogP contribution in [0, 0.1) is 17.8 Å². The third-order valence-electron chi connectivity index (χ3n) is 5.68. The Morgan fingerprint density at radius 2 is 1.89 bits per heavy atom. The Bertz CT molecular complexity index is 913. The van der Waals surface area contributed by atoms with Crippen molar-refractivity contribution >= 4 is 16.9 Å². The van der Waals surface area contributed by atoms with Crippen LogP contribution in [-0.2, 0) is 4.74 Å². The molecule has 1 aliphatic carbocycles. The van der Waals surface area contributed by atoms with E-state index >= 15 is 0 Å². The molecule has 3 atom stereocenters. The van der Waals surface area contributed by atoms with Crippen LogP contribution in [0.2, 0.25) is 0 Å². The minimum absolute atomic E-state index is 0.114. The average Bonchev–Trinajstić information content (AvgIpc) is 2.66. The highest BCUT2D eigenvalue weighted by atomic mass is 16.5. The van der Waals surface area contributed by atoms with E-state index in [1.54, 1.807) is 12.1 Å². The predicted molar refractivity (Wildman–Crippen MR) is 106 cm³/mol. The lowest BCUT2D eigenvalue weighted by molar-refractivity contribution is -0.0177. The highest BCUT2D eigenvalue weighted by molar-refractivity contribution is 5.95. The summed E-state index contributed by atoms with van der Waals surface area (Å²) in [7, 11) is 3.02. The molecule has 1 fully saturated rings. The summed E-state index contributed by atoms with van der Waals surface area (Å²) in [6, 6.07) is 4.75. The predicted octanol–water partition coefficient (Wildman–Crippen LogP) is 4.43. The van der Waals surface area contributed by atoms with Gasteiger partial charge in [-0.05, 0) is 36.7 Å². The second-order valence-corrected chi connectivity index (χ2v) is 7.96. The zero-order chi connectivity index (χ0) is 20.4. The van der Waals surface area contributed by atoms with Gasteiger partial charge in [-0.15, -0.1) is 0 Å².